The standard InChI is InChI=1S/C36H70O2/c1-3-5-7-9-11-13-15-17-19-20-22-24-26-28-30-32-34-35(36(37)38)33-31-29-27-25-23-21-18-16-14-12-10-8-6-4-2/h18,21,35H,3-17,19-20,22-34H2,1-2H3,(H,37,38). The second-order valence-corrected chi connectivity index (χ2v) is 12.1. The molecule has 0 spiro atoms. The van der Waals surface area contributed by atoms with Crippen LogP contribution in [-0.2, 0) is 4.79 Å². The van der Waals surface area contributed by atoms with E-state index >= 15 is 0 Å². The van der Waals surface area contributed by atoms with Gasteiger partial charge < -0.3 is 5.11 Å². The summed E-state index contributed by atoms with van der Waals surface area (Å²) in [6.45, 7) is 4.56. The Labute approximate surface area is 240 Å². The summed E-state index contributed by atoms with van der Waals surface area (Å²) >= 11 is 0. The summed E-state index contributed by atoms with van der Waals surface area (Å²) in [5.74, 6) is -0.678. The first kappa shape index (κ1) is 37.2. The van der Waals surface area contributed by atoms with Crippen LogP contribution in [0.3, 0.4) is 0 Å². The molecule has 1 N–H and O–H groups in total. The molecule has 2 heteroatoms. The lowest BCUT2D eigenvalue weighted by atomic mass is 9.94. The van der Waals surface area contributed by atoms with Crippen LogP contribution in [0.2, 0.25) is 0 Å². The van der Waals surface area contributed by atoms with Crippen molar-refractivity contribution in [3.8, 4) is 0 Å². The van der Waals surface area contributed by atoms with Gasteiger partial charge in [0.25, 0.3) is 0 Å². The molecule has 0 aromatic heterocycles. The Morgan fingerprint density at radius 1 is 0.447 bits per heavy atom. The van der Waals surface area contributed by atoms with Crippen molar-refractivity contribution >= 4 is 5.97 Å². The fourth-order valence-electron chi connectivity index (χ4n) is 5.61. The second kappa shape index (κ2) is 32.4. The quantitative estimate of drug-likeness (QED) is 0.0688. The third-order valence-electron chi connectivity index (χ3n) is 8.32. The maximum absolute atomic E-state index is 11.6. The molecule has 0 heterocycles. The molecule has 0 aliphatic rings. The molecule has 0 bridgehead atoms. The summed E-state index contributed by atoms with van der Waals surface area (Å²) in [5.41, 5.74) is 0. The summed E-state index contributed by atoms with van der Waals surface area (Å²) in [6.07, 6.45) is 43.9. The van der Waals surface area contributed by atoms with E-state index in [1.165, 1.54) is 167 Å². The van der Waals surface area contributed by atoms with E-state index in [0.717, 1.165) is 25.7 Å². The highest BCUT2D eigenvalue weighted by Gasteiger charge is 2.16. The van der Waals surface area contributed by atoms with Gasteiger partial charge in [0.05, 0.1) is 5.92 Å². The van der Waals surface area contributed by atoms with Crippen LogP contribution in [0.25, 0.3) is 0 Å². The maximum atomic E-state index is 11.6. The summed E-state index contributed by atoms with van der Waals surface area (Å²) in [7, 11) is 0. The van der Waals surface area contributed by atoms with Gasteiger partial charge in [-0.2, -0.15) is 0 Å². The third kappa shape index (κ3) is 29.8. The molecule has 0 amide bonds. The van der Waals surface area contributed by atoms with Gasteiger partial charge in [-0.05, 0) is 38.5 Å². The monoisotopic (exact) mass is 535 g/mol. The second-order valence-electron chi connectivity index (χ2n) is 12.1. The van der Waals surface area contributed by atoms with Crippen LogP contribution in [0.5, 0.6) is 0 Å². The minimum atomic E-state index is -0.566. The number of carbonyl (C=O) groups is 1. The zero-order valence-electron chi connectivity index (χ0n) is 26.3. The first-order valence-corrected chi connectivity index (χ1v) is 17.6. The Balaban J connectivity index is 3.43. The van der Waals surface area contributed by atoms with E-state index in [-0.39, 0.29) is 5.92 Å². The number of allylic oxidation sites excluding steroid dienone is 2. The number of carboxylic acid groups (broad SMARTS) is 1. The molecule has 0 aliphatic carbocycles. The van der Waals surface area contributed by atoms with E-state index in [1.54, 1.807) is 0 Å². The molecule has 0 aliphatic heterocycles. The predicted molar refractivity (Wildman–Crippen MR) is 170 cm³/mol. The van der Waals surface area contributed by atoms with Crippen LogP contribution in [0, 0.1) is 5.92 Å². The van der Waals surface area contributed by atoms with Crippen LogP contribution in [0.15, 0.2) is 12.2 Å². The molecule has 0 rings (SSSR count). The lowest BCUT2D eigenvalue weighted by Gasteiger charge is -2.12. The molecule has 1 unspecified atom stereocenters. The van der Waals surface area contributed by atoms with Gasteiger partial charge in [0.2, 0.25) is 0 Å². The zero-order chi connectivity index (χ0) is 27.8. The summed E-state index contributed by atoms with van der Waals surface area (Å²) in [6, 6.07) is 0. The topological polar surface area (TPSA) is 37.3 Å². The fourth-order valence-corrected chi connectivity index (χ4v) is 5.61. The molecule has 0 radical (unpaired) electrons. The molecule has 226 valence electrons. The van der Waals surface area contributed by atoms with Crippen molar-refractivity contribution in [1.82, 2.24) is 0 Å². The number of hydrogen-bond acceptors (Lipinski definition) is 1. The number of carboxylic acids is 1. The molecular weight excluding hydrogens is 464 g/mol. The Morgan fingerprint density at radius 3 is 1.00 bits per heavy atom. The van der Waals surface area contributed by atoms with Crippen molar-refractivity contribution in [2.45, 2.75) is 206 Å². The van der Waals surface area contributed by atoms with E-state index in [4.69, 9.17) is 0 Å². The third-order valence-corrected chi connectivity index (χ3v) is 8.32. The van der Waals surface area contributed by atoms with Gasteiger partial charge in [0.1, 0.15) is 0 Å². The fraction of sp³-hybridized carbons (Fsp3) is 0.917. The van der Waals surface area contributed by atoms with Crippen molar-refractivity contribution in [2.75, 3.05) is 0 Å². The maximum Gasteiger partial charge on any atom is 0.306 e. The Bertz CT molecular complexity index is 484. The Kier molecular flexibility index (Phi) is 31.7. The molecule has 1 atom stereocenters. The van der Waals surface area contributed by atoms with Crippen LogP contribution in [0.4, 0.5) is 0 Å². The minimum absolute atomic E-state index is 0.112. The average molecular weight is 535 g/mol. The van der Waals surface area contributed by atoms with E-state index in [2.05, 4.69) is 26.0 Å². The van der Waals surface area contributed by atoms with E-state index in [1.807, 2.05) is 0 Å². The molecule has 0 aromatic rings. The normalized spacial score (nSPS) is 12.5. The largest absolute Gasteiger partial charge is 0.481 e. The van der Waals surface area contributed by atoms with E-state index in [9.17, 15) is 9.90 Å². The number of hydrogen-bond donors (Lipinski definition) is 1. The summed E-state index contributed by atoms with van der Waals surface area (Å²) in [5, 5.41) is 9.59. The zero-order valence-corrected chi connectivity index (χ0v) is 26.3. The molecule has 0 saturated heterocycles. The average Bonchev–Trinajstić information content (AvgIpc) is 2.91. The van der Waals surface area contributed by atoms with Crippen LogP contribution < -0.4 is 0 Å². The molecular formula is C36H70O2. The Hall–Kier alpha value is -0.790. The molecule has 0 fully saturated rings. The van der Waals surface area contributed by atoms with Gasteiger partial charge >= 0.3 is 5.97 Å². The van der Waals surface area contributed by atoms with Crippen molar-refractivity contribution < 1.29 is 9.90 Å². The molecule has 38 heavy (non-hydrogen) atoms. The van der Waals surface area contributed by atoms with Gasteiger partial charge in [0, 0.05) is 0 Å². The lowest BCUT2D eigenvalue weighted by Crippen LogP contribution is -2.13. The van der Waals surface area contributed by atoms with Crippen LogP contribution in [-0.4, -0.2) is 11.1 Å². The SMILES string of the molecule is CCCCCCCCC=CCCCCCCC(CCCCCCCCCCCCCCCCCC)C(=O)O. The Morgan fingerprint density at radius 2 is 0.711 bits per heavy atom. The molecule has 0 aromatic carbocycles. The first-order chi connectivity index (χ1) is 18.7. The van der Waals surface area contributed by atoms with Gasteiger partial charge in [-0.1, -0.05) is 180 Å². The van der Waals surface area contributed by atoms with Crippen LogP contribution >= 0.6 is 0 Å². The van der Waals surface area contributed by atoms with Crippen LogP contribution in [0.1, 0.15) is 206 Å². The van der Waals surface area contributed by atoms with E-state index in [0.29, 0.717) is 0 Å². The summed E-state index contributed by atoms with van der Waals surface area (Å²) < 4.78 is 0. The highest BCUT2D eigenvalue weighted by Crippen LogP contribution is 2.20. The van der Waals surface area contributed by atoms with Gasteiger partial charge in [-0.3, -0.25) is 4.79 Å². The molecule has 2 nitrogen and oxygen atoms in total. The predicted octanol–water partition coefficient (Wildman–Crippen LogP) is 13.0. The van der Waals surface area contributed by atoms with Crippen molar-refractivity contribution in [3.63, 3.8) is 0 Å². The number of unbranched alkanes of at least 4 members (excludes halogenated alkanes) is 25. The van der Waals surface area contributed by atoms with Crippen molar-refractivity contribution in [1.29, 1.82) is 0 Å². The van der Waals surface area contributed by atoms with Crippen molar-refractivity contribution in [2.24, 2.45) is 5.92 Å². The smallest absolute Gasteiger partial charge is 0.306 e. The lowest BCUT2D eigenvalue weighted by molar-refractivity contribution is -0.142. The van der Waals surface area contributed by atoms with Gasteiger partial charge in [-0.25, -0.2) is 0 Å². The number of aliphatic carboxylic acids is 1. The van der Waals surface area contributed by atoms with Gasteiger partial charge in [-0.15, -0.1) is 0 Å². The van der Waals surface area contributed by atoms with E-state index < -0.39 is 5.97 Å². The highest BCUT2D eigenvalue weighted by molar-refractivity contribution is 5.69. The number of rotatable bonds is 32. The summed E-state index contributed by atoms with van der Waals surface area (Å²) in [4.78, 5) is 11.6. The minimum Gasteiger partial charge on any atom is -0.481 e. The molecule has 0 saturated carbocycles. The van der Waals surface area contributed by atoms with Gasteiger partial charge in [0.15, 0.2) is 0 Å². The first-order valence-electron chi connectivity index (χ1n) is 17.6. The highest BCUT2D eigenvalue weighted by atomic mass is 16.4. The van der Waals surface area contributed by atoms with Crippen molar-refractivity contribution in [3.05, 3.63) is 12.2 Å².